The number of rotatable bonds is 0. The molecule has 2 heteroatoms. The Hall–Kier alpha value is 2.39. The molecule has 0 aliphatic rings. The molecule has 0 N–H and O–H groups in total. The van der Waals surface area contributed by atoms with E-state index in [2.05, 4.69) is 13.8 Å². The van der Waals surface area contributed by atoms with Crippen LogP contribution in [-0.2, 0) is 0 Å². The molecule has 8 heavy (non-hydrogen) atoms. The third kappa shape index (κ3) is 80.2. The first-order chi connectivity index (χ1) is 1.41. The first-order valence-corrected chi connectivity index (χ1v) is 1.41. The van der Waals surface area contributed by atoms with Crippen LogP contribution in [-0.4, -0.2) is 0 Å². The van der Waals surface area contributed by atoms with Crippen LogP contribution in [0, 0.1) is 86.1 Å². The molecule has 0 bridgehead atoms. The second-order valence-electron chi connectivity index (χ2n) is 0.707. The van der Waals surface area contributed by atoms with Gasteiger partial charge in [0.2, 0.25) is 0 Å². The fraction of sp³-hybridized carbons (Fsp3) is 0.667. The molecular formula is C6H18La2-2. The van der Waals surface area contributed by atoms with Crippen LogP contribution >= 0.6 is 0 Å². The maximum atomic E-state index is 2.12. The van der Waals surface area contributed by atoms with Gasteiger partial charge in [0, 0.05) is 71.2 Å². The van der Waals surface area contributed by atoms with Gasteiger partial charge >= 0.3 is 0 Å². The fourth-order valence-electron chi connectivity index (χ4n) is 0. The maximum Gasteiger partial charge on any atom is 0 e. The molecule has 0 spiro atoms. The van der Waals surface area contributed by atoms with Gasteiger partial charge in [-0.15, -0.1) is 0 Å². The van der Waals surface area contributed by atoms with E-state index in [4.69, 9.17) is 0 Å². The minimum atomic E-state index is 0. The van der Waals surface area contributed by atoms with Gasteiger partial charge in [-0.2, -0.15) is 0 Å². The van der Waals surface area contributed by atoms with Gasteiger partial charge in [0.05, 0.1) is 0 Å². The Morgan fingerprint density at radius 2 is 0.875 bits per heavy atom. The molecule has 0 atom stereocenters. The van der Waals surface area contributed by atoms with E-state index in [-0.39, 0.29) is 93.5 Å². The normalized spacial score (nSPS) is 2.25. The molecule has 0 nitrogen and oxygen atoms in total. The zero-order chi connectivity index (χ0) is 2.71. The molecule has 0 heterocycles. The second-order valence-corrected chi connectivity index (χ2v) is 0.707. The first kappa shape index (κ1) is 47.5. The van der Waals surface area contributed by atoms with Crippen molar-refractivity contribution in [2.45, 2.75) is 27.7 Å². The van der Waals surface area contributed by atoms with Crippen molar-refractivity contribution in [2.24, 2.45) is 0 Å². The Labute approximate surface area is 112 Å². The topological polar surface area (TPSA) is 0 Å². The van der Waals surface area contributed by atoms with Crippen LogP contribution in [0.2, 0.25) is 0 Å². The van der Waals surface area contributed by atoms with E-state index >= 15 is 0 Å². The average Bonchev–Trinajstić information content (AvgIpc) is 0.918. The molecule has 0 saturated heterocycles. The van der Waals surface area contributed by atoms with E-state index in [1.165, 1.54) is 6.42 Å². The second kappa shape index (κ2) is 57.5. The van der Waals surface area contributed by atoms with Crippen LogP contribution in [0.1, 0.15) is 27.7 Å². The zero-order valence-electron chi connectivity index (χ0n) is 5.86. The smallest absolute Gasteiger partial charge is 0 e. The van der Waals surface area contributed by atoms with Crippen LogP contribution in [0.4, 0.5) is 0 Å². The Kier molecular flexibility index (Phi) is 342. The third-order valence-electron chi connectivity index (χ3n) is 0. The summed E-state index contributed by atoms with van der Waals surface area (Å²) in [6, 6.07) is 0. The monoisotopic (exact) mass is 368 g/mol. The Morgan fingerprint density at radius 3 is 0.875 bits per heavy atom. The van der Waals surface area contributed by atoms with Crippen molar-refractivity contribution < 1.29 is 71.2 Å². The van der Waals surface area contributed by atoms with Gasteiger partial charge in [-0.1, -0.05) is 27.7 Å². The van der Waals surface area contributed by atoms with Crippen molar-refractivity contribution in [3.05, 3.63) is 14.9 Å². The van der Waals surface area contributed by atoms with Crippen LogP contribution < -0.4 is 0 Å². The van der Waals surface area contributed by atoms with Crippen LogP contribution in [0.15, 0.2) is 0 Å². The van der Waals surface area contributed by atoms with Crippen LogP contribution in [0.3, 0.4) is 0 Å². The van der Waals surface area contributed by atoms with E-state index in [9.17, 15) is 0 Å². The predicted molar refractivity (Wildman–Crippen MR) is 35.5 cm³/mol. The van der Waals surface area contributed by atoms with Crippen molar-refractivity contribution >= 4 is 0 Å². The number of hydrogen-bond donors (Lipinski definition) is 0. The van der Waals surface area contributed by atoms with E-state index in [1.54, 1.807) is 0 Å². The van der Waals surface area contributed by atoms with Gasteiger partial charge in [0.1, 0.15) is 0 Å². The molecule has 0 aromatic heterocycles. The summed E-state index contributed by atoms with van der Waals surface area (Å²) in [4.78, 5) is 0. The van der Waals surface area contributed by atoms with Crippen molar-refractivity contribution in [1.82, 2.24) is 0 Å². The molecule has 2 radical (unpaired) electrons. The fourth-order valence-corrected chi connectivity index (χ4v) is 0. The van der Waals surface area contributed by atoms with Gasteiger partial charge in [-0.05, 0) is 0 Å². The summed E-state index contributed by atoms with van der Waals surface area (Å²) in [7, 11) is 0. The summed E-state index contributed by atoms with van der Waals surface area (Å²) in [5, 5.41) is 0. The third-order valence-corrected chi connectivity index (χ3v) is 0. The molecular weight excluding hydrogens is 350 g/mol. The standard InChI is InChI=1S/C3H8.CH4.2CH3.2La/c1-3-2;;;;;/h3H2,1-2H3;1H4;2*1H3;;/q;;2*-1;;. The molecule has 0 saturated carbocycles. The maximum absolute atomic E-state index is 2.12. The molecule has 0 amide bonds. The SMILES string of the molecule is C.CCC.[CH3-].[CH3-].[La].[La]. The molecule has 0 rings (SSSR count). The molecule has 0 unspecified atom stereocenters. The van der Waals surface area contributed by atoms with E-state index < -0.39 is 0 Å². The summed E-state index contributed by atoms with van der Waals surface area (Å²) in [5.74, 6) is 0. The minimum Gasteiger partial charge on any atom is -0.358 e. The van der Waals surface area contributed by atoms with Crippen molar-refractivity contribution in [2.75, 3.05) is 0 Å². The Balaban J connectivity index is -0.00000000200. The zero-order valence-corrected chi connectivity index (χ0v) is 13.1. The molecule has 0 aliphatic heterocycles. The Bertz CT molecular complexity index is 6.49. The van der Waals surface area contributed by atoms with Gasteiger partial charge in [-0.25, -0.2) is 0 Å². The Morgan fingerprint density at radius 1 is 0.875 bits per heavy atom. The van der Waals surface area contributed by atoms with Crippen molar-refractivity contribution in [3.63, 3.8) is 0 Å². The largest absolute Gasteiger partial charge is 0.358 e. The van der Waals surface area contributed by atoms with Crippen LogP contribution in [0.5, 0.6) is 0 Å². The van der Waals surface area contributed by atoms with E-state index in [0.29, 0.717) is 0 Å². The summed E-state index contributed by atoms with van der Waals surface area (Å²) in [6.45, 7) is 4.25. The summed E-state index contributed by atoms with van der Waals surface area (Å²) < 4.78 is 0. The van der Waals surface area contributed by atoms with Crippen LogP contribution in [0.25, 0.3) is 0 Å². The summed E-state index contributed by atoms with van der Waals surface area (Å²) in [6.07, 6.45) is 1.25. The predicted octanol–water partition coefficient (Wildman–Crippen LogP) is 2.95. The van der Waals surface area contributed by atoms with E-state index in [0.717, 1.165) is 0 Å². The van der Waals surface area contributed by atoms with Gasteiger partial charge < -0.3 is 14.9 Å². The summed E-state index contributed by atoms with van der Waals surface area (Å²) in [5.41, 5.74) is 0. The molecule has 50 valence electrons. The quantitative estimate of drug-likeness (QED) is 0.577. The van der Waals surface area contributed by atoms with Gasteiger partial charge in [0.15, 0.2) is 0 Å². The molecule has 0 aliphatic carbocycles. The average molecular weight is 368 g/mol. The molecule has 0 aromatic rings. The summed E-state index contributed by atoms with van der Waals surface area (Å²) >= 11 is 0. The molecule has 0 fully saturated rings. The first-order valence-electron chi connectivity index (χ1n) is 1.41. The van der Waals surface area contributed by atoms with E-state index in [1.807, 2.05) is 0 Å². The molecule has 0 aromatic carbocycles. The van der Waals surface area contributed by atoms with Crippen molar-refractivity contribution in [3.8, 4) is 0 Å². The van der Waals surface area contributed by atoms with Crippen molar-refractivity contribution in [1.29, 1.82) is 0 Å². The minimum absolute atomic E-state index is 0. The van der Waals surface area contributed by atoms with Gasteiger partial charge in [-0.3, -0.25) is 0 Å². The number of hydrogen-bond acceptors (Lipinski definition) is 0. The van der Waals surface area contributed by atoms with Gasteiger partial charge in [0.25, 0.3) is 0 Å².